The number of amides is 1. The number of benzene rings is 1. The van der Waals surface area contributed by atoms with Gasteiger partial charge < -0.3 is 15.0 Å². The van der Waals surface area contributed by atoms with E-state index in [-0.39, 0.29) is 12.5 Å². The van der Waals surface area contributed by atoms with E-state index in [2.05, 4.69) is 15.4 Å². The minimum Gasteiger partial charge on any atom is -0.394 e. The highest BCUT2D eigenvalue weighted by atomic mass is 16.3. The fourth-order valence-electron chi connectivity index (χ4n) is 2.80. The van der Waals surface area contributed by atoms with Crippen LogP contribution in [-0.4, -0.2) is 37.0 Å². The molecule has 2 aromatic heterocycles. The summed E-state index contributed by atoms with van der Waals surface area (Å²) in [7, 11) is 3.64. The summed E-state index contributed by atoms with van der Waals surface area (Å²) in [4.78, 5) is 16.8. The van der Waals surface area contributed by atoms with E-state index in [1.165, 1.54) is 0 Å². The van der Waals surface area contributed by atoms with E-state index in [0.29, 0.717) is 12.0 Å². The van der Waals surface area contributed by atoms with Crippen LogP contribution < -0.4 is 5.32 Å². The molecule has 0 fully saturated rings. The van der Waals surface area contributed by atoms with Crippen molar-refractivity contribution >= 4 is 5.91 Å². The molecule has 130 valence electrons. The molecular weight excluding hydrogens is 318 g/mol. The minimum atomic E-state index is -0.523. The first-order valence-electron chi connectivity index (χ1n) is 8.03. The van der Waals surface area contributed by atoms with Crippen LogP contribution >= 0.6 is 0 Å². The predicted molar refractivity (Wildman–Crippen MR) is 93.0 cm³/mol. The summed E-state index contributed by atoms with van der Waals surface area (Å²) in [6.45, 7) is -0.209. The van der Waals surface area contributed by atoms with Crippen molar-refractivity contribution in [3.63, 3.8) is 0 Å². The third kappa shape index (κ3) is 3.61. The van der Waals surface area contributed by atoms with E-state index in [0.717, 1.165) is 17.0 Å². The monoisotopic (exact) mass is 339 g/mol. The van der Waals surface area contributed by atoms with E-state index in [9.17, 15) is 9.90 Å². The molecule has 0 spiro atoms. The summed E-state index contributed by atoms with van der Waals surface area (Å²) in [6, 6.07) is 9.40. The average Bonchev–Trinajstić information content (AvgIpc) is 3.20. The normalized spacial score (nSPS) is 12.1. The molecule has 3 rings (SSSR count). The Morgan fingerprint density at radius 2 is 2.00 bits per heavy atom. The molecule has 1 amide bonds. The van der Waals surface area contributed by atoms with E-state index in [4.69, 9.17) is 0 Å². The van der Waals surface area contributed by atoms with Gasteiger partial charge in [-0.2, -0.15) is 5.10 Å². The second-order valence-electron chi connectivity index (χ2n) is 5.93. The molecule has 25 heavy (non-hydrogen) atoms. The number of aromatic nitrogens is 4. The van der Waals surface area contributed by atoms with Gasteiger partial charge in [0.1, 0.15) is 0 Å². The van der Waals surface area contributed by atoms with Crippen molar-refractivity contribution < 1.29 is 9.90 Å². The molecule has 0 aliphatic heterocycles. The summed E-state index contributed by atoms with van der Waals surface area (Å²) in [6.07, 6.45) is 5.44. The van der Waals surface area contributed by atoms with Gasteiger partial charge in [0.25, 0.3) is 5.91 Å². The zero-order chi connectivity index (χ0) is 17.8. The SMILES string of the molecule is Cn1cncc1C(CO)NC(=O)c1cnn(C)c1Cc1ccccc1. The van der Waals surface area contributed by atoms with Gasteiger partial charge in [-0.1, -0.05) is 30.3 Å². The van der Waals surface area contributed by atoms with Gasteiger partial charge in [0.05, 0.1) is 48.3 Å². The molecule has 2 heterocycles. The van der Waals surface area contributed by atoms with Gasteiger partial charge in [-0.25, -0.2) is 4.98 Å². The molecule has 7 nitrogen and oxygen atoms in total. The summed E-state index contributed by atoms with van der Waals surface area (Å²) >= 11 is 0. The lowest BCUT2D eigenvalue weighted by Gasteiger charge is -2.17. The van der Waals surface area contributed by atoms with Crippen LogP contribution in [0, 0.1) is 0 Å². The van der Waals surface area contributed by atoms with E-state index in [1.807, 2.05) is 44.4 Å². The Balaban J connectivity index is 1.82. The first kappa shape index (κ1) is 16.9. The lowest BCUT2D eigenvalue weighted by atomic mass is 10.1. The molecule has 0 radical (unpaired) electrons. The maximum Gasteiger partial charge on any atom is 0.255 e. The van der Waals surface area contributed by atoms with Gasteiger partial charge >= 0.3 is 0 Å². The second kappa shape index (κ2) is 7.31. The Hall–Kier alpha value is -2.93. The highest BCUT2D eigenvalue weighted by Gasteiger charge is 2.21. The first-order valence-corrected chi connectivity index (χ1v) is 8.03. The lowest BCUT2D eigenvalue weighted by Crippen LogP contribution is -2.32. The molecule has 1 aromatic carbocycles. The van der Waals surface area contributed by atoms with Crippen LogP contribution in [0.15, 0.2) is 49.1 Å². The van der Waals surface area contributed by atoms with E-state index >= 15 is 0 Å². The fourth-order valence-corrected chi connectivity index (χ4v) is 2.80. The van der Waals surface area contributed by atoms with Crippen molar-refractivity contribution in [2.45, 2.75) is 12.5 Å². The largest absolute Gasteiger partial charge is 0.394 e. The molecule has 0 saturated heterocycles. The zero-order valence-electron chi connectivity index (χ0n) is 14.3. The highest BCUT2D eigenvalue weighted by Crippen LogP contribution is 2.16. The number of nitrogens with one attached hydrogen (secondary N) is 1. The predicted octanol–water partition coefficient (Wildman–Crippen LogP) is 1.21. The van der Waals surface area contributed by atoms with Crippen LogP contribution in [0.2, 0.25) is 0 Å². The molecule has 0 bridgehead atoms. The number of aryl methyl sites for hydroxylation is 2. The Kier molecular flexibility index (Phi) is 4.95. The summed E-state index contributed by atoms with van der Waals surface area (Å²) in [5.41, 5.74) is 3.17. The van der Waals surface area contributed by atoms with Crippen LogP contribution in [0.1, 0.15) is 33.4 Å². The molecule has 1 atom stereocenters. The third-order valence-electron chi connectivity index (χ3n) is 4.22. The van der Waals surface area contributed by atoms with Crippen LogP contribution in [0.4, 0.5) is 0 Å². The van der Waals surface area contributed by atoms with Crippen molar-refractivity contribution in [1.82, 2.24) is 24.6 Å². The quantitative estimate of drug-likeness (QED) is 0.707. The molecule has 0 aliphatic rings. The van der Waals surface area contributed by atoms with Gasteiger partial charge in [0.2, 0.25) is 0 Å². The van der Waals surface area contributed by atoms with Gasteiger partial charge in [-0.05, 0) is 5.56 Å². The van der Waals surface area contributed by atoms with Crippen LogP contribution in [0.25, 0.3) is 0 Å². The fraction of sp³-hybridized carbons (Fsp3) is 0.278. The number of aliphatic hydroxyl groups excluding tert-OH is 1. The summed E-state index contributed by atoms with van der Waals surface area (Å²) in [5.74, 6) is -0.265. The average molecular weight is 339 g/mol. The lowest BCUT2D eigenvalue weighted by molar-refractivity contribution is 0.0913. The number of nitrogens with zero attached hydrogens (tertiary/aromatic N) is 4. The molecule has 0 saturated carbocycles. The Morgan fingerprint density at radius 3 is 2.64 bits per heavy atom. The van der Waals surface area contributed by atoms with Gasteiger partial charge in [0, 0.05) is 20.5 Å². The Morgan fingerprint density at radius 1 is 1.24 bits per heavy atom. The smallest absolute Gasteiger partial charge is 0.255 e. The standard InChI is InChI=1S/C18H21N5O2/c1-22-12-19-10-17(22)15(11-24)21-18(25)14-9-20-23(2)16(14)8-13-6-4-3-5-7-13/h3-7,9-10,12,15,24H,8,11H2,1-2H3,(H,21,25). The number of aliphatic hydroxyl groups is 1. The minimum absolute atomic E-state index is 0.209. The summed E-state index contributed by atoms with van der Waals surface area (Å²) < 4.78 is 3.48. The maximum atomic E-state index is 12.7. The van der Waals surface area contributed by atoms with Crippen LogP contribution in [0.5, 0.6) is 0 Å². The van der Waals surface area contributed by atoms with Gasteiger partial charge in [-0.3, -0.25) is 9.48 Å². The van der Waals surface area contributed by atoms with Gasteiger partial charge in [-0.15, -0.1) is 0 Å². The van der Waals surface area contributed by atoms with Crippen molar-refractivity contribution in [3.05, 3.63) is 71.6 Å². The Bertz CT molecular complexity index is 853. The van der Waals surface area contributed by atoms with E-state index in [1.54, 1.807) is 28.0 Å². The number of hydrogen-bond donors (Lipinski definition) is 2. The maximum absolute atomic E-state index is 12.7. The molecule has 2 N–H and O–H groups in total. The molecule has 3 aromatic rings. The number of carbonyl (C=O) groups is 1. The van der Waals surface area contributed by atoms with Crippen LogP contribution in [-0.2, 0) is 20.5 Å². The van der Waals surface area contributed by atoms with Gasteiger partial charge in [0.15, 0.2) is 0 Å². The second-order valence-corrected chi connectivity index (χ2v) is 5.93. The topological polar surface area (TPSA) is 85.0 Å². The van der Waals surface area contributed by atoms with Crippen molar-refractivity contribution in [2.24, 2.45) is 14.1 Å². The number of imidazole rings is 1. The van der Waals surface area contributed by atoms with Crippen molar-refractivity contribution in [1.29, 1.82) is 0 Å². The van der Waals surface area contributed by atoms with Crippen LogP contribution in [0.3, 0.4) is 0 Å². The molecule has 7 heteroatoms. The zero-order valence-corrected chi connectivity index (χ0v) is 14.3. The summed E-state index contributed by atoms with van der Waals surface area (Å²) in [5, 5.41) is 16.7. The third-order valence-corrected chi connectivity index (χ3v) is 4.22. The number of carbonyl (C=O) groups excluding carboxylic acids is 1. The Labute approximate surface area is 145 Å². The highest BCUT2D eigenvalue weighted by molar-refractivity contribution is 5.95. The number of rotatable bonds is 6. The van der Waals surface area contributed by atoms with Crippen molar-refractivity contribution in [2.75, 3.05) is 6.61 Å². The number of hydrogen-bond acceptors (Lipinski definition) is 4. The van der Waals surface area contributed by atoms with E-state index < -0.39 is 6.04 Å². The van der Waals surface area contributed by atoms with Crippen molar-refractivity contribution in [3.8, 4) is 0 Å². The molecule has 1 unspecified atom stereocenters. The first-order chi connectivity index (χ1) is 12.1. The molecular formula is C18H21N5O2. The molecule has 0 aliphatic carbocycles.